The lowest BCUT2D eigenvalue weighted by Gasteiger charge is -2.06. The molecule has 0 bridgehead atoms. The molecule has 2 nitrogen and oxygen atoms in total. The molecule has 0 amide bonds. The fourth-order valence-corrected chi connectivity index (χ4v) is 1.81. The van der Waals surface area contributed by atoms with Gasteiger partial charge < -0.3 is 4.74 Å². The molecule has 0 N–H and O–H groups in total. The normalized spacial score (nSPS) is 10.2. The number of pyridine rings is 1. The van der Waals surface area contributed by atoms with Gasteiger partial charge in [-0.2, -0.15) is 0 Å². The molecule has 0 aliphatic rings. The number of rotatable bonds is 2. The third-order valence-electron chi connectivity index (χ3n) is 1.80. The smallest absolute Gasteiger partial charge is 0.165 e. The summed E-state index contributed by atoms with van der Waals surface area (Å²) >= 11 is 6.52. The van der Waals surface area contributed by atoms with Crippen molar-refractivity contribution in [1.29, 1.82) is 0 Å². The second kappa shape index (κ2) is 4.93. The average molecular weight is 347 g/mol. The van der Waals surface area contributed by atoms with Crippen LogP contribution < -0.4 is 4.74 Å². The topological polar surface area (TPSA) is 22.1 Å². The number of nitrogens with zero attached hydrogens (tertiary/aromatic N) is 1. The van der Waals surface area contributed by atoms with Gasteiger partial charge in [-0.15, -0.1) is 0 Å². The Balaban J connectivity index is 2.30. The van der Waals surface area contributed by atoms with Gasteiger partial charge in [-0.1, -0.05) is 15.9 Å². The summed E-state index contributed by atoms with van der Waals surface area (Å²) in [5.41, 5.74) is 0. The Kier molecular flexibility index (Phi) is 3.56. The lowest BCUT2D eigenvalue weighted by atomic mass is 10.3. The van der Waals surface area contributed by atoms with E-state index in [1.54, 1.807) is 24.4 Å². The summed E-state index contributed by atoms with van der Waals surface area (Å²) in [5.74, 6) is 0.226. The minimum Gasteiger partial charge on any atom is -0.453 e. The predicted octanol–water partition coefficient (Wildman–Crippen LogP) is 4.54. The molecular weight excluding hydrogens is 341 g/mol. The highest BCUT2D eigenvalue weighted by Gasteiger charge is 2.05. The maximum absolute atomic E-state index is 13.4. The first kappa shape index (κ1) is 11.5. The van der Waals surface area contributed by atoms with E-state index in [0.29, 0.717) is 5.75 Å². The Labute approximate surface area is 109 Å². The molecule has 16 heavy (non-hydrogen) atoms. The van der Waals surface area contributed by atoms with Crippen LogP contribution in [-0.2, 0) is 0 Å². The van der Waals surface area contributed by atoms with Gasteiger partial charge in [0.15, 0.2) is 11.6 Å². The van der Waals surface area contributed by atoms with Crippen LogP contribution in [0.3, 0.4) is 0 Å². The molecule has 0 atom stereocenters. The summed E-state index contributed by atoms with van der Waals surface area (Å²) in [6, 6.07) is 6.23. The highest BCUT2D eigenvalue weighted by atomic mass is 79.9. The average Bonchev–Trinajstić information content (AvgIpc) is 2.24. The third-order valence-corrected chi connectivity index (χ3v) is 2.73. The summed E-state index contributed by atoms with van der Waals surface area (Å²) in [5, 5.41) is 0. The molecule has 1 aromatic heterocycles. The number of hydrogen-bond acceptors (Lipinski definition) is 2. The van der Waals surface area contributed by atoms with Crippen molar-refractivity contribution in [3.63, 3.8) is 0 Å². The van der Waals surface area contributed by atoms with Crippen LogP contribution in [0.5, 0.6) is 11.5 Å². The monoisotopic (exact) mass is 345 g/mol. The molecule has 0 aliphatic heterocycles. The number of benzene rings is 1. The van der Waals surface area contributed by atoms with Crippen LogP contribution in [0, 0.1) is 5.82 Å². The maximum atomic E-state index is 13.4. The van der Waals surface area contributed by atoms with Gasteiger partial charge in [0, 0.05) is 15.1 Å². The highest BCUT2D eigenvalue weighted by molar-refractivity contribution is 9.10. The Bertz CT molecular complexity index is 519. The van der Waals surface area contributed by atoms with Crippen LogP contribution in [0.25, 0.3) is 0 Å². The van der Waals surface area contributed by atoms with Crippen molar-refractivity contribution in [3.05, 3.63) is 51.4 Å². The van der Waals surface area contributed by atoms with Gasteiger partial charge in [-0.3, -0.25) is 4.98 Å². The van der Waals surface area contributed by atoms with Gasteiger partial charge in [0.2, 0.25) is 0 Å². The summed E-state index contributed by atoms with van der Waals surface area (Å²) in [7, 11) is 0. The van der Waals surface area contributed by atoms with Gasteiger partial charge >= 0.3 is 0 Å². The first-order valence-electron chi connectivity index (χ1n) is 4.38. The van der Waals surface area contributed by atoms with Gasteiger partial charge in [0.1, 0.15) is 5.75 Å². The van der Waals surface area contributed by atoms with E-state index in [4.69, 9.17) is 4.74 Å². The van der Waals surface area contributed by atoms with E-state index in [0.717, 1.165) is 8.95 Å². The first-order valence-corrected chi connectivity index (χ1v) is 5.97. The van der Waals surface area contributed by atoms with Crippen molar-refractivity contribution in [1.82, 2.24) is 4.98 Å². The van der Waals surface area contributed by atoms with E-state index in [2.05, 4.69) is 36.8 Å². The minimum atomic E-state index is -0.414. The molecule has 0 spiro atoms. The molecule has 5 heteroatoms. The zero-order chi connectivity index (χ0) is 11.5. The van der Waals surface area contributed by atoms with Crippen molar-refractivity contribution in [2.75, 3.05) is 0 Å². The van der Waals surface area contributed by atoms with Crippen LogP contribution >= 0.6 is 31.9 Å². The molecule has 0 fully saturated rings. The van der Waals surface area contributed by atoms with Gasteiger partial charge in [-0.25, -0.2) is 4.39 Å². The van der Waals surface area contributed by atoms with Crippen molar-refractivity contribution in [3.8, 4) is 11.5 Å². The second-order valence-corrected chi connectivity index (χ2v) is 4.85. The number of hydrogen-bond donors (Lipinski definition) is 0. The molecular formula is C11H6Br2FNO. The largest absolute Gasteiger partial charge is 0.453 e. The van der Waals surface area contributed by atoms with Gasteiger partial charge in [-0.05, 0) is 40.2 Å². The van der Waals surface area contributed by atoms with E-state index in [-0.39, 0.29) is 5.75 Å². The number of ether oxygens (including phenoxy) is 1. The lowest BCUT2D eigenvalue weighted by molar-refractivity contribution is 0.440. The zero-order valence-corrected chi connectivity index (χ0v) is 11.1. The quantitative estimate of drug-likeness (QED) is 0.796. The molecule has 0 saturated carbocycles. The molecule has 1 heterocycles. The van der Waals surface area contributed by atoms with E-state index >= 15 is 0 Å². The number of aromatic nitrogens is 1. The summed E-state index contributed by atoms with van der Waals surface area (Å²) < 4.78 is 20.3. The van der Waals surface area contributed by atoms with Gasteiger partial charge in [0.05, 0.1) is 6.20 Å². The SMILES string of the molecule is Fc1ccc(Br)cc1Oc1cncc(Br)c1. The molecule has 0 unspecified atom stereocenters. The standard InChI is InChI=1S/C11H6Br2FNO/c12-7-1-2-10(14)11(4-7)16-9-3-8(13)5-15-6-9/h1-6H. The van der Waals surface area contributed by atoms with E-state index in [9.17, 15) is 4.39 Å². The van der Waals surface area contributed by atoms with Crippen LogP contribution in [0.15, 0.2) is 45.6 Å². The molecule has 2 rings (SSSR count). The Morgan fingerprint density at radius 1 is 1.06 bits per heavy atom. The summed E-state index contributed by atoms with van der Waals surface area (Å²) in [6.45, 7) is 0. The molecule has 0 saturated heterocycles. The van der Waals surface area contributed by atoms with Gasteiger partial charge in [0.25, 0.3) is 0 Å². The Morgan fingerprint density at radius 2 is 1.88 bits per heavy atom. The Morgan fingerprint density at radius 3 is 2.62 bits per heavy atom. The molecule has 1 aromatic carbocycles. The van der Waals surface area contributed by atoms with Crippen molar-refractivity contribution >= 4 is 31.9 Å². The van der Waals surface area contributed by atoms with Crippen LogP contribution in [0.2, 0.25) is 0 Å². The van der Waals surface area contributed by atoms with E-state index in [1.807, 2.05) is 0 Å². The highest BCUT2D eigenvalue weighted by Crippen LogP contribution is 2.28. The fraction of sp³-hybridized carbons (Fsp3) is 0. The van der Waals surface area contributed by atoms with E-state index < -0.39 is 5.82 Å². The van der Waals surface area contributed by atoms with Crippen molar-refractivity contribution in [2.24, 2.45) is 0 Å². The predicted molar refractivity (Wildman–Crippen MR) is 66.1 cm³/mol. The maximum Gasteiger partial charge on any atom is 0.165 e. The third kappa shape index (κ3) is 2.80. The lowest BCUT2D eigenvalue weighted by Crippen LogP contribution is -1.89. The molecule has 2 aromatic rings. The summed E-state index contributed by atoms with van der Waals surface area (Å²) in [6.07, 6.45) is 3.15. The van der Waals surface area contributed by atoms with Crippen LogP contribution in [-0.4, -0.2) is 4.98 Å². The van der Waals surface area contributed by atoms with E-state index in [1.165, 1.54) is 12.3 Å². The molecule has 0 radical (unpaired) electrons. The molecule has 0 aliphatic carbocycles. The second-order valence-electron chi connectivity index (χ2n) is 3.02. The fourth-order valence-electron chi connectivity index (χ4n) is 1.13. The molecule has 82 valence electrons. The minimum absolute atomic E-state index is 0.161. The number of halogens is 3. The van der Waals surface area contributed by atoms with Crippen LogP contribution in [0.1, 0.15) is 0 Å². The van der Waals surface area contributed by atoms with Crippen LogP contribution in [0.4, 0.5) is 4.39 Å². The summed E-state index contributed by atoms with van der Waals surface area (Å²) in [4.78, 5) is 3.93. The van der Waals surface area contributed by atoms with Crippen molar-refractivity contribution in [2.45, 2.75) is 0 Å². The zero-order valence-electron chi connectivity index (χ0n) is 7.95. The first-order chi connectivity index (χ1) is 7.65. The Hall–Kier alpha value is -0.940. The van der Waals surface area contributed by atoms with Crippen molar-refractivity contribution < 1.29 is 9.13 Å².